The van der Waals surface area contributed by atoms with Gasteiger partial charge in [0.1, 0.15) is 5.84 Å². The molecule has 56 valence electrons. The van der Waals surface area contributed by atoms with Gasteiger partial charge in [-0.2, -0.15) is 0 Å². The van der Waals surface area contributed by atoms with Gasteiger partial charge in [-0.15, -0.1) is 0 Å². The second-order valence-electron chi connectivity index (χ2n) is 2.67. The monoisotopic (exact) mass is 146 g/mol. The number of hydrogen-bond donors (Lipinski definition) is 1. The lowest BCUT2D eigenvalue weighted by Crippen LogP contribution is -2.20. The van der Waals surface area contributed by atoms with Crippen LogP contribution in [0, 0.1) is 0 Å². The van der Waals surface area contributed by atoms with Crippen molar-refractivity contribution in [1.29, 1.82) is 0 Å². The standard InChI is InChI=1S/C9H10N2/c10-9-8-4-2-1-3-7(8)5-6-11-9/h1-4H,5-6H2,(H2,10,11). The zero-order valence-corrected chi connectivity index (χ0v) is 6.25. The molecule has 0 unspecified atom stereocenters. The van der Waals surface area contributed by atoms with Gasteiger partial charge in [0.15, 0.2) is 0 Å². The Morgan fingerprint density at radius 2 is 2.09 bits per heavy atom. The number of nitrogens with two attached hydrogens (primary N) is 1. The van der Waals surface area contributed by atoms with Crippen LogP contribution in [-0.4, -0.2) is 12.4 Å². The summed E-state index contributed by atoms with van der Waals surface area (Å²) in [7, 11) is 0. The fraction of sp³-hybridized carbons (Fsp3) is 0.222. The van der Waals surface area contributed by atoms with Crippen LogP contribution in [0.5, 0.6) is 0 Å². The van der Waals surface area contributed by atoms with E-state index in [1.807, 2.05) is 18.2 Å². The third-order valence-electron chi connectivity index (χ3n) is 1.96. The van der Waals surface area contributed by atoms with Crippen molar-refractivity contribution in [3.63, 3.8) is 0 Å². The van der Waals surface area contributed by atoms with E-state index < -0.39 is 0 Å². The van der Waals surface area contributed by atoms with Crippen LogP contribution in [0.15, 0.2) is 29.3 Å². The molecule has 11 heavy (non-hydrogen) atoms. The van der Waals surface area contributed by atoms with Crippen molar-refractivity contribution >= 4 is 5.84 Å². The molecule has 0 fully saturated rings. The third-order valence-corrected chi connectivity index (χ3v) is 1.96. The average molecular weight is 146 g/mol. The number of aliphatic imine (C=N–C) groups is 1. The number of benzene rings is 1. The number of fused-ring (bicyclic) bond motifs is 1. The van der Waals surface area contributed by atoms with Gasteiger partial charge in [0.05, 0.1) is 0 Å². The van der Waals surface area contributed by atoms with Gasteiger partial charge in [0, 0.05) is 12.1 Å². The molecule has 0 saturated heterocycles. The number of amidine groups is 1. The summed E-state index contributed by atoms with van der Waals surface area (Å²) in [6, 6.07) is 8.16. The van der Waals surface area contributed by atoms with E-state index in [-0.39, 0.29) is 0 Å². The van der Waals surface area contributed by atoms with Crippen molar-refractivity contribution in [1.82, 2.24) is 0 Å². The van der Waals surface area contributed by atoms with Crippen LogP contribution in [0.4, 0.5) is 0 Å². The Kier molecular flexibility index (Phi) is 1.39. The first-order chi connectivity index (χ1) is 5.38. The summed E-state index contributed by atoms with van der Waals surface area (Å²) in [4.78, 5) is 4.17. The molecule has 0 saturated carbocycles. The third kappa shape index (κ3) is 1.00. The summed E-state index contributed by atoms with van der Waals surface area (Å²) in [6.07, 6.45) is 1.02. The quantitative estimate of drug-likeness (QED) is 0.581. The fourth-order valence-corrected chi connectivity index (χ4v) is 1.37. The molecular weight excluding hydrogens is 136 g/mol. The SMILES string of the molecule is NC1=NCCc2ccccc21. The summed E-state index contributed by atoms with van der Waals surface area (Å²) >= 11 is 0. The van der Waals surface area contributed by atoms with E-state index in [1.165, 1.54) is 5.56 Å². The normalized spacial score (nSPS) is 15.5. The van der Waals surface area contributed by atoms with Crippen LogP contribution in [0.2, 0.25) is 0 Å². The maximum absolute atomic E-state index is 5.70. The van der Waals surface area contributed by atoms with E-state index in [1.54, 1.807) is 0 Å². The molecule has 0 radical (unpaired) electrons. The lowest BCUT2D eigenvalue weighted by molar-refractivity contribution is 0.939. The first-order valence-electron chi connectivity index (χ1n) is 3.76. The summed E-state index contributed by atoms with van der Waals surface area (Å²) in [6.45, 7) is 0.836. The van der Waals surface area contributed by atoms with E-state index in [0.29, 0.717) is 5.84 Å². The predicted octanol–water partition coefficient (Wildman–Crippen LogP) is 0.948. The minimum absolute atomic E-state index is 0.687. The maximum Gasteiger partial charge on any atom is 0.125 e. The minimum Gasteiger partial charge on any atom is -0.383 e. The van der Waals surface area contributed by atoms with Crippen molar-refractivity contribution in [3.8, 4) is 0 Å². The Hall–Kier alpha value is -1.31. The van der Waals surface area contributed by atoms with Crippen molar-refractivity contribution < 1.29 is 0 Å². The van der Waals surface area contributed by atoms with Crippen LogP contribution < -0.4 is 5.73 Å². The second-order valence-corrected chi connectivity index (χ2v) is 2.67. The Morgan fingerprint density at radius 3 is 2.91 bits per heavy atom. The Morgan fingerprint density at radius 1 is 1.27 bits per heavy atom. The van der Waals surface area contributed by atoms with Crippen molar-refractivity contribution in [3.05, 3.63) is 35.4 Å². The number of hydrogen-bond acceptors (Lipinski definition) is 2. The lowest BCUT2D eigenvalue weighted by Gasteiger charge is -2.12. The molecule has 2 nitrogen and oxygen atoms in total. The van der Waals surface area contributed by atoms with Gasteiger partial charge in [0.25, 0.3) is 0 Å². The maximum atomic E-state index is 5.70. The molecule has 0 atom stereocenters. The molecular formula is C9H10N2. The highest BCUT2D eigenvalue weighted by molar-refractivity contribution is 5.99. The van der Waals surface area contributed by atoms with Crippen molar-refractivity contribution in [2.45, 2.75) is 6.42 Å². The van der Waals surface area contributed by atoms with Gasteiger partial charge >= 0.3 is 0 Å². The molecule has 2 heteroatoms. The Bertz CT molecular complexity index is 302. The van der Waals surface area contributed by atoms with Crippen LogP contribution in [-0.2, 0) is 6.42 Å². The molecule has 1 aliphatic heterocycles. The smallest absolute Gasteiger partial charge is 0.125 e. The van der Waals surface area contributed by atoms with E-state index in [0.717, 1.165) is 18.5 Å². The van der Waals surface area contributed by atoms with Crippen LogP contribution in [0.3, 0.4) is 0 Å². The number of rotatable bonds is 0. The van der Waals surface area contributed by atoms with Crippen molar-refractivity contribution in [2.24, 2.45) is 10.7 Å². The molecule has 0 amide bonds. The first-order valence-corrected chi connectivity index (χ1v) is 3.76. The predicted molar refractivity (Wildman–Crippen MR) is 45.7 cm³/mol. The fourth-order valence-electron chi connectivity index (χ4n) is 1.37. The highest BCUT2D eigenvalue weighted by atomic mass is 14.9. The highest BCUT2D eigenvalue weighted by Crippen LogP contribution is 2.12. The van der Waals surface area contributed by atoms with Gasteiger partial charge in [-0.05, 0) is 12.0 Å². The molecule has 2 rings (SSSR count). The first kappa shape index (κ1) is 6.40. The zero-order valence-electron chi connectivity index (χ0n) is 6.25. The average Bonchev–Trinajstić information content (AvgIpc) is 2.06. The van der Waals surface area contributed by atoms with E-state index in [9.17, 15) is 0 Å². The molecule has 0 spiro atoms. The van der Waals surface area contributed by atoms with Gasteiger partial charge in [0.2, 0.25) is 0 Å². The molecule has 0 aliphatic carbocycles. The topological polar surface area (TPSA) is 38.4 Å². The Balaban J connectivity index is 2.56. The van der Waals surface area contributed by atoms with Crippen LogP contribution in [0.1, 0.15) is 11.1 Å². The molecule has 2 N–H and O–H groups in total. The second kappa shape index (κ2) is 2.38. The van der Waals surface area contributed by atoms with Crippen LogP contribution >= 0.6 is 0 Å². The largest absolute Gasteiger partial charge is 0.383 e. The molecule has 1 aromatic rings. The summed E-state index contributed by atoms with van der Waals surface area (Å²) in [5.74, 6) is 0.687. The van der Waals surface area contributed by atoms with E-state index in [2.05, 4.69) is 11.1 Å². The van der Waals surface area contributed by atoms with Crippen LogP contribution in [0.25, 0.3) is 0 Å². The summed E-state index contributed by atoms with van der Waals surface area (Å²) in [5.41, 5.74) is 8.13. The Labute approximate surface area is 65.8 Å². The summed E-state index contributed by atoms with van der Waals surface area (Å²) in [5, 5.41) is 0. The van der Waals surface area contributed by atoms with Gasteiger partial charge < -0.3 is 5.73 Å². The van der Waals surface area contributed by atoms with E-state index >= 15 is 0 Å². The summed E-state index contributed by atoms with van der Waals surface area (Å²) < 4.78 is 0. The molecule has 1 aromatic carbocycles. The number of nitrogens with zero attached hydrogens (tertiary/aromatic N) is 1. The highest BCUT2D eigenvalue weighted by Gasteiger charge is 2.08. The zero-order chi connectivity index (χ0) is 7.68. The lowest BCUT2D eigenvalue weighted by atomic mass is 10.0. The minimum atomic E-state index is 0.687. The molecule has 1 heterocycles. The van der Waals surface area contributed by atoms with Gasteiger partial charge in [-0.3, -0.25) is 4.99 Å². The van der Waals surface area contributed by atoms with Gasteiger partial charge in [-0.25, -0.2) is 0 Å². The molecule has 0 bridgehead atoms. The molecule has 1 aliphatic rings. The van der Waals surface area contributed by atoms with Gasteiger partial charge in [-0.1, -0.05) is 24.3 Å². The van der Waals surface area contributed by atoms with Crippen molar-refractivity contribution in [2.75, 3.05) is 6.54 Å². The van der Waals surface area contributed by atoms with E-state index in [4.69, 9.17) is 5.73 Å². The molecule has 0 aromatic heterocycles.